The Morgan fingerprint density at radius 2 is 2.00 bits per heavy atom. The third kappa shape index (κ3) is 3.83. The van der Waals surface area contributed by atoms with Gasteiger partial charge in [-0.1, -0.05) is 52.9 Å². The Bertz CT molecular complexity index is 1290. The molecular formula is C20H21IN6O2S. The molecule has 4 aromatic rings. The standard InChI is InChI=1S/C20H21IN6O2S/c21-16-11-14(26-30(28,29)9-7-13-4-2-1-3-5-13)10-15(16)20-25-24-18-12-23-19-17(27(18)20)6-8-22-19/h1-6,8,12,14-16,22,26H,7,9-11H2/t14-,15+,16-/m1/s1. The molecule has 5 rings (SSSR count). The molecule has 1 aliphatic carbocycles. The number of H-pyrrole nitrogens is 1. The van der Waals surface area contributed by atoms with E-state index in [0.29, 0.717) is 18.5 Å². The summed E-state index contributed by atoms with van der Waals surface area (Å²) in [6.07, 6.45) is 5.53. The van der Waals surface area contributed by atoms with Crippen LogP contribution in [0.25, 0.3) is 16.8 Å². The molecule has 0 amide bonds. The summed E-state index contributed by atoms with van der Waals surface area (Å²) in [6.45, 7) is 0. The summed E-state index contributed by atoms with van der Waals surface area (Å²) in [6, 6.07) is 11.6. The van der Waals surface area contributed by atoms with Crippen molar-refractivity contribution < 1.29 is 8.42 Å². The summed E-state index contributed by atoms with van der Waals surface area (Å²) >= 11 is 2.41. The predicted octanol–water partition coefficient (Wildman–Crippen LogP) is 2.82. The van der Waals surface area contributed by atoms with Gasteiger partial charge in [-0.25, -0.2) is 18.1 Å². The monoisotopic (exact) mass is 536 g/mol. The number of hydrogen-bond donors (Lipinski definition) is 2. The van der Waals surface area contributed by atoms with E-state index >= 15 is 0 Å². The number of nitrogens with zero attached hydrogens (tertiary/aromatic N) is 4. The van der Waals surface area contributed by atoms with Crippen molar-refractivity contribution >= 4 is 49.4 Å². The molecule has 3 atom stereocenters. The van der Waals surface area contributed by atoms with Crippen molar-refractivity contribution in [3.05, 3.63) is 60.2 Å². The largest absolute Gasteiger partial charge is 0.345 e. The van der Waals surface area contributed by atoms with Crippen LogP contribution in [0.15, 0.2) is 48.8 Å². The van der Waals surface area contributed by atoms with E-state index in [9.17, 15) is 8.42 Å². The Morgan fingerprint density at radius 3 is 2.83 bits per heavy atom. The van der Waals surface area contributed by atoms with Crippen molar-refractivity contribution in [3.8, 4) is 0 Å². The summed E-state index contributed by atoms with van der Waals surface area (Å²) in [4.78, 5) is 7.48. The lowest BCUT2D eigenvalue weighted by molar-refractivity contribution is 0.546. The lowest BCUT2D eigenvalue weighted by atomic mass is 10.1. The van der Waals surface area contributed by atoms with E-state index in [1.165, 1.54) is 0 Å². The van der Waals surface area contributed by atoms with Gasteiger partial charge in [0.15, 0.2) is 11.3 Å². The van der Waals surface area contributed by atoms with Gasteiger partial charge in [-0.3, -0.25) is 4.40 Å². The summed E-state index contributed by atoms with van der Waals surface area (Å²) in [5.41, 5.74) is 3.44. The number of aryl methyl sites for hydroxylation is 1. The van der Waals surface area contributed by atoms with E-state index in [1.54, 1.807) is 6.20 Å². The molecule has 0 bridgehead atoms. The third-order valence-electron chi connectivity index (χ3n) is 5.63. The molecule has 0 saturated heterocycles. The molecule has 30 heavy (non-hydrogen) atoms. The Labute approximate surface area is 187 Å². The minimum atomic E-state index is -3.36. The molecule has 1 aromatic carbocycles. The van der Waals surface area contributed by atoms with Crippen LogP contribution in [-0.4, -0.2) is 48.7 Å². The first-order chi connectivity index (χ1) is 14.5. The van der Waals surface area contributed by atoms with Crippen molar-refractivity contribution in [2.24, 2.45) is 0 Å². The number of benzene rings is 1. The van der Waals surface area contributed by atoms with E-state index < -0.39 is 10.0 Å². The molecule has 3 aromatic heterocycles. The average Bonchev–Trinajstić information content (AvgIpc) is 3.44. The van der Waals surface area contributed by atoms with Crippen LogP contribution < -0.4 is 4.72 Å². The summed E-state index contributed by atoms with van der Waals surface area (Å²) in [5, 5.41) is 8.73. The topological polar surface area (TPSA) is 105 Å². The van der Waals surface area contributed by atoms with E-state index in [1.807, 2.05) is 47.0 Å². The first-order valence-electron chi connectivity index (χ1n) is 9.85. The zero-order chi connectivity index (χ0) is 20.7. The van der Waals surface area contributed by atoms with Crippen LogP contribution in [-0.2, 0) is 16.4 Å². The number of rotatable bonds is 6. The average molecular weight is 536 g/mol. The Hall–Kier alpha value is -2.05. The lowest BCUT2D eigenvalue weighted by Gasteiger charge is -2.14. The van der Waals surface area contributed by atoms with Crippen molar-refractivity contribution in [1.82, 2.24) is 29.3 Å². The number of hydrogen-bond acceptors (Lipinski definition) is 5. The molecule has 3 heterocycles. The van der Waals surface area contributed by atoms with Crippen LogP contribution >= 0.6 is 22.6 Å². The molecule has 0 unspecified atom stereocenters. The van der Waals surface area contributed by atoms with E-state index in [4.69, 9.17) is 0 Å². The number of aromatic nitrogens is 5. The molecule has 1 saturated carbocycles. The smallest absolute Gasteiger partial charge is 0.212 e. The maximum atomic E-state index is 12.7. The molecule has 1 aliphatic rings. The minimum Gasteiger partial charge on any atom is -0.345 e. The molecule has 1 fully saturated rings. The fourth-order valence-electron chi connectivity index (χ4n) is 4.20. The van der Waals surface area contributed by atoms with Crippen molar-refractivity contribution in [2.45, 2.75) is 35.1 Å². The first kappa shape index (κ1) is 19.9. The van der Waals surface area contributed by atoms with Crippen LogP contribution in [0.3, 0.4) is 0 Å². The quantitative estimate of drug-likeness (QED) is 0.291. The van der Waals surface area contributed by atoms with Gasteiger partial charge in [0.1, 0.15) is 5.82 Å². The van der Waals surface area contributed by atoms with Crippen molar-refractivity contribution in [3.63, 3.8) is 0 Å². The van der Waals surface area contributed by atoms with Gasteiger partial charge >= 0.3 is 0 Å². The van der Waals surface area contributed by atoms with Crippen LogP contribution in [0, 0.1) is 0 Å². The zero-order valence-corrected chi connectivity index (χ0v) is 19.0. The van der Waals surface area contributed by atoms with E-state index in [-0.39, 0.29) is 21.6 Å². The second kappa shape index (κ2) is 7.89. The lowest BCUT2D eigenvalue weighted by Crippen LogP contribution is -2.35. The number of aromatic amines is 1. The zero-order valence-electron chi connectivity index (χ0n) is 16.1. The second-order valence-electron chi connectivity index (χ2n) is 7.68. The number of alkyl halides is 1. The maximum absolute atomic E-state index is 12.7. The van der Waals surface area contributed by atoms with Crippen molar-refractivity contribution in [1.29, 1.82) is 0 Å². The molecule has 2 N–H and O–H groups in total. The Balaban J connectivity index is 1.33. The second-order valence-corrected chi connectivity index (χ2v) is 11.2. The van der Waals surface area contributed by atoms with Crippen LogP contribution in [0.2, 0.25) is 0 Å². The van der Waals surface area contributed by atoms with Gasteiger partial charge in [0.25, 0.3) is 0 Å². The van der Waals surface area contributed by atoms with Gasteiger partial charge in [-0.05, 0) is 30.9 Å². The predicted molar refractivity (Wildman–Crippen MR) is 123 cm³/mol. The number of sulfonamides is 1. The Kier molecular flexibility index (Phi) is 5.23. The molecule has 0 radical (unpaired) electrons. The summed E-state index contributed by atoms with van der Waals surface area (Å²) in [7, 11) is -3.36. The van der Waals surface area contributed by atoms with Gasteiger partial charge in [-0.15, -0.1) is 10.2 Å². The fourth-order valence-corrected chi connectivity index (χ4v) is 6.75. The normalized spacial score (nSPS) is 22.2. The maximum Gasteiger partial charge on any atom is 0.212 e. The molecule has 156 valence electrons. The molecule has 0 spiro atoms. The highest BCUT2D eigenvalue weighted by atomic mass is 127. The third-order valence-corrected chi connectivity index (χ3v) is 8.44. The Morgan fingerprint density at radius 1 is 1.17 bits per heavy atom. The minimum absolute atomic E-state index is 0.0909. The number of nitrogens with one attached hydrogen (secondary N) is 2. The van der Waals surface area contributed by atoms with E-state index in [2.05, 4.69) is 47.5 Å². The first-order valence-corrected chi connectivity index (χ1v) is 12.7. The van der Waals surface area contributed by atoms with Gasteiger partial charge in [0.05, 0.1) is 17.5 Å². The number of fused-ring (bicyclic) bond motifs is 3. The molecule has 0 aliphatic heterocycles. The summed E-state index contributed by atoms with van der Waals surface area (Å²) < 4.78 is 30.5. The highest BCUT2D eigenvalue weighted by Crippen LogP contribution is 2.39. The van der Waals surface area contributed by atoms with Crippen LogP contribution in [0.4, 0.5) is 0 Å². The molecular weight excluding hydrogens is 515 g/mol. The number of halogens is 1. The highest BCUT2D eigenvalue weighted by molar-refractivity contribution is 14.1. The highest BCUT2D eigenvalue weighted by Gasteiger charge is 2.38. The van der Waals surface area contributed by atoms with Crippen LogP contribution in [0.1, 0.15) is 30.1 Å². The summed E-state index contributed by atoms with van der Waals surface area (Å²) in [5.74, 6) is 1.07. The molecule has 8 nitrogen and oxygen atoms in total. The van der Waals surface area contributed by atoms with Gasteiger partial charge in [0, 0.05) is 22.1 Å². The SMILES string of the molecule is O=S(=O)(CCc1ccccc1)N[C@H]1C[C@@H](I)[C@@H](c2nnc3cnc4[nH]ccc4n23)C1. The van der Waals surface area contributed by atoms with Crippen molar-refractivity contribution in [2.75, 3.05) is 5.75 Å². The van der Waals surface area contributed by atoms with Crippen LogP contribution in [0.5, 0.6) is 0 Å². The van der Waals surface area contributed by atoms with Gasteiger partial charge in [-0.2, -0.15) is 0 Å². The van der Waals surface area contributed by atoms with Gasteiger partial charge in [0.2, 0.25) is 10.0 Å². The van der Waals surface area contributed by atoms with Gasteiger partial charge < -0.3 is 4.98 Å². The fraction of sp³-hybridized carbons (Fsp3) is 0.350. The van der Waals surface area contributed by atoms with E-state index in [0.717, 1.165) is 29.0 Å². The molecule has 10 heteroatoms.